The van der Waals surface area contributed by atoms with Gasteiger partial charge in [0.15, 0.2) is 0 Å². The third kappa shape index (κ3) is 6.37. The summed E-state index contributed by atoms with van der Waals surface area (Å²) in [6, 6.07) is 8.52. The van der Waals surface area contributed by atoms with Crippen molar-refractivity contribution in [2.45, 2.75) is 0 Å². The van der Waals surface area contributed by atoms with E-state index in [4.69, 9.17) is 46.4 Å². The Kier molecular flexibility index (Phi) is 8.01. The molecule has 0 radical (unpaired) electrons. The molecule has 1 heterocycles. The first-order valence-electron chi connectivity index (χ1n) is 6.07. The number of benzene rings is 1. The van der Waals surface area contributed by atoms with Crippen molar-refractivity contribution in [3.05, 3.63) is 65.0 Å². The number of hydrogen-bond donors (Lipinski definition) is 0. The second kappa shape index (κ2) is 9.49. The summed E-state index contributed by atoms with van der Waals surface area (Å²) in [5.74, 6) is 0. The summed E-state index contributed by atoms with van der Waals surface area (Å²) < 4.78 is 0. The quantitative estimate of drug-likeness (QED) is 0.707. The van der Waals surface area contributed by atoms with Gasteiger partial charge in [-0.3, -0.25) is 24.2 Å². The molecule has 0 unspecified atom stereocenters. The van der Waals surface area contributed by atoms with Crippen LogP contribution in [0.15, 0.2) is 42.6 Å². The first kappa shape index (κ1) is 20.3. The fourth-order valence-corrected chi connectivity index (χ4v) is 1.83. The van der Waals surface area contributed by atoms with Crippen molar-refractivity contribution in [1.82, 2.24) is 4.98 Å². The summed E-state index contributed by atoms with van der Waals surface area (Å²) in [7, 11) is 0. The first-order valence-corrected chi connectivity index (χ1v) is 7.59. The standard InChI is InChI=1S/C8H4Cl2O2.C7H3Cl2NO2/c9-7(11)5-1-2-6(4-3-5)8(10)12;8-6(11)4-1-2-5(7(9)12)10-3-4/h1-4H;1-3H. The van der Waals surface area contributed by atoms with Gasteiger partial charge < -0.3 is 0 Å². The highest BCUT2D eigenvalue weighted by atomic mass is 35.5. The van der Waals surface area contributed by atoms with Crippen LogP contribution >= 0.6 is 46.4 Å². The maximum atomic E-state index is 10.6. The van der Waals surface area contributed by atoms with E-state index in [1.54, 1.807) is 0 Å². The van der Waals surface area contributed by atoms with Crippen LogP contribution in [-0.4, -0.2) is 26.0 Å². The van der Waals surface area contributed by atoms with Gasteiger partial charge in [0.05, 0.1) is 5.56 Å². The highest BCUT2D eigenvalue weighted by molar-refractivity contribution is 6.69. The van der Waals surface area contributed by atoms with Gasteiger partial charge in [-0.25, -0.2) is 0 Å². The predicted molar refractivity (Wildman–Crippen MR) is 91.4 cm³/mol. The van der Waals surface area contributed by atoms with Gasteiger partial charge in [-0.15, -0.1) is 0 Å². The van der Waals surface area contributed by atoms with E-state index in [1.807, 2.05) is 0 Å². The van der Waals surface area contributed by atoms with Crippen molar-refractivity contribution in [3.8, 4) is 0 Å². The molecule has 0 saturated heterocycles. The fourth-order valence-electron chi connectivity index (χ4n) is 1.36. The normalized spacial score (nSPS) is 9.50. The first-order chi connectivity index (χ1) is 11.2. The highest BCUT2D eigenvalue weighted by Crippen LogP contribution is 2.09. The molecular formula is C15H7Cl4NO4. The zero-order chi connectivity index (χ0) is 18.3. The molecule has 0 atom stereocenters. The molecule has 0 spiro atoms. The zero-order valence-electron chi connectivity index (χ0n) is 11.6. The van der Waals surface area contributed by atoms with Crippen LogP contribution in [-0.2, 0) is 0 Å². The Hall–Kier alpha value is -1.79. The predicted octanol–water partition coefficient (Wildman–Crippen LogP) is 4.28. The van der Waals surface area contributed by atoms with Crippen molar-refractivity contribution < 1.29 is 19.2 Å². The molecule has 2 aromatic rings. The molecule has 9 heteroatoms. The average molecular weight is 407 g/mol. The Morgan fingerprint density at radius 1 is 0.583 bits per heavy atom. The van der Waals surface area contributed by atoms with Gasteiger partial charge in [-0.2, -0.15) is 0 Å². The maximum Gasteiger partial charge on any atom is 0.270 e. The van der Waals surface area contributed by atoms with Crippen LogP contribution in [0.5, 0.6) is 0 Å². The molecule has 0 bridgehead atoms. The zero-order valence-corrected chi connectivity index (χ0v) is 14.7. The molecule has 5 nitrogen and oxygen atoms in total. The molecule has 0 aliphatic rings. The second-order valence-electron chi connectivity index (χ2n) is 4.10. The van der Waals surface area contributed by atoms with E-state index in [-0.39, 0.29) is 11.3 Å². The lowest BCUT2D eigenvalue weighted by atomic mass is 10.2. The minimum Gasteiger partial charge on any atom is -0.276 e. The van der Waals surface area contributed by atoms with E-state index in [1.165, 1.54) is 42.6 Å². The molecule has 1 aromatic carbocycles. The molecule has 0 aliphatic carbocycles. The maximum absolute atomic E-state index is 10.6. The van der Waals surface area contributed by atoms with Crippen LogP contribution in [0.2, 0.25) is 0 Å². The van der Waals surface area contributed by atoms with Crippen molar-refractivity contribution in [2.75, 3.05) is 0 Å². The molecule has 124 valence electrons. The summed E-state index contributed by atoms with van der Waals surface area (Å²) in [4.78, 5) is 45.8. The van der Waals surface area contributed by atoms with Gasteiger partial charge in [-0.05, 0) is 82.8 Å². The van der Waals surface area contributed by atoms with Gasteiger partial charge in [0.1, 0.15) is 5.69 Å². The number of carbonyl (C=O) groups excluding carboxylic acids is 4. The number of halogens is 4. The van der Waals surface area contributed by atoms with E-state index in [2.05, 4.69) is 4.98 Å². The fraction of sp³-hybridized carbons (Fsp3) is 0. The lowest BCUT2D eigenvalue weighted by Gasteiger charge is -1.94. The summed E-state index contributed by atoms with van der Waals surface area (Å²) in [5.41, 5.74) is 1.02. The number of nitrogens with zero attached hydrogens (tertiary/aromatic N) is 1. The topological polar surface area (TPSA) is 81.2 Å². The van der Waals surface area contributed by atoms with E-state index < -0.39 is 21.0 Å². The van der Waals surface area contributed by atoms with Crippen LogP contribution in [0, 0.1) is 0 Å². The van der Waals surface area contributed by atoms with Gasteiger partial charge in [0, 0.05) is 17.3 Å². The SMILES string of the molecule is O=C(Cl)c1ccc(C(=O)Cl)cc1.O=C(Cl)c1ccc(C(=O)Cl)nc1. The van der Waals surface area contributed by atoms with Crippen LogP contribution in [0.1, 0.15) is 41.6 Å². The molecule has 1 aromatic heterocycles. The van der Waals surface area contributed by atoms with Gasteiger partial charge in [0.25, 0.3) is 21.0 Å². The lowest BCUT2D eigenvalue weighted by molar-refractivity contribution is 0.106. The van der Waals surface area contributed by atoms with Crippen molar-refractivity contribution in [3.63, 3.8) is 0 Å². The summed E-state index contributed by atoms with van der Waals surface area (Å²) >= 11 is 20.6. The Morgan fingerprint density at radius 3 is 1.21 bits per heavy atom. The van der Waals surface area contributed by atoms with E-state index in [0.29, 0.717) is 11.1 Å². The highest BCUT2D eigenvalue weighted by Gasteiger charge is 2.05. The number of carbonyl (C=O) groups is 4. The third-order valence-electron chi connectivity index (χ3n) is 2.53. The molecule has 0 aliphatic heterocycles. The van der Waals surface area contributed by atoms with E-state index >= 15 is 0 Å². The summed E-state index contributed by atoms with van der Waals surface area (Å²) in [6.07, 6.45) is 1.20. The average Bonchev–Trinajstić information content (AvgIpc) is 2.55. The number of pyridine rings is 1. The van der Waals surface area contributed by atoms with Crippen LogP contribution in [0.25, 0.3) is 0 Å². The minimum absolute atomic E-state index is 0.0957. The summed E-state index contributed by atoms with van der Waals surface area (Å²) in [6.45, 7) is 0. The van der Waals surface area contributed by atoms with Gasteiger partial charge >= 0.3 is 0 Å². The van der Waals surface area contributed by atoms with Crippen molar-refractivity contribution in [2.24, 2.45) is 0 Å². The van der Waals surface area contributed by atoms with Crippen LogP contribution in [0.3, 0.4) is 0 Å². The van der Waals surface area contributed by atoms with Crippen molar-refractivity contribution >= 4 is 67.4 Å². The lowest BCUT2D eigenvalue weighted by Crippen LogP contribution is -1.96. The Bertz CT molecular complexity index is 640. The monoisotopic (exact) mass is 405 g/mol. The largest absolute Gasteiger partial charge is 0.276 e. The third-order valence-corrected chi connectivity index (χ3v) is 3.38. The molecular weight excluding hydrogens is 400 g/mol. The molecule has 0 saturated carbocycles. The Labute approximate surface area is 156 Å². The molecule has 24 heavy (non-hydrogen) atoms. The Morgan fingerprint density at radius 2 is 0.958 bits per heavy atom. The molecule has 0 N–H and O–H groups in total. The summed E-state index contributed by atoms with van der Waals surface area (Å²) in [5, 5.41) is -2.38. The number of rotatable bonds is 4. The van der Waals surface area contributed by atoms with Crippen molar-refractivity contribution in [1.29, 1.82) is 0 Å². The second-order valence-corrected chi connectivity index (χ2v) is 5.48. The van der Waals surface area contributed by atoms with Crippen LogP contribution < -0.4 is 0 Å². The molecule has 0 amide bonds. The Balaban J connectivity index is 0.000000240. The van der Waals surface area contributed by atoms with Gasteiger partial charge in [-0.1, -0.05) is 0 Å². The van der Waals surface area contributed by atoms with E-state index in [9.17, 15) is 19.2 Å². The van der Waals surface area contributed by atoms with E-state index in [0.717, 1.165) is 0 Å². The van der Waals surface area contributed by atoms with Crippen LogP contribution in [0.4, 0.5) is 0 Å². The smallest absolute Gasteiger partial charge is 0.270 e. The number of aromatic nitrogens is 1. The molecule has 2 rings (SSSR count). The number of hydrogen-bond acceptors (Lipinski definition) is 5. The molecule has 0 fully saturated rings. The minimum atomic E-state index is -0.663. The van der Waals surface area contributed by atoms with Gasteiger partial charge in [0.2, 0.25) is 0 Å².